The molecule has 1 atom stereocenters. The van der Waals surface area contributed by atoms with E-state index in [-0.39, 0.29) is 26.2 Å². The second kappa shape index (κ2) is 9.90. The fourth-order valence-electron chi connectivity index (χ4n) is 2.92. The predicted molar refractivity (Wildman–Crippen MR) is 104 cm³/mol. The smallest absolute Gasteiger partial charge is 0.309 e. The Kier molecular flexibility index (Phi) is 7.25. The molecule has 0 spiro atoms. The molecule has 1 aromatic heterocycles. The van der Waals surface area contributed by atoms with E-state index >= 15 is 0 Å². The number of amides is 2. The van der Waals surface area contributed by atoms with E-state index in [1.54, 1.807) is 24.4 Å². The molecule has 0 radical (unpaired) electrons. The second-order valence-electron chi connectivity index (χ2n) is 6.58. The van der Waals surface area contributed by atoms with Crippen LogP contribution in [-0.4, -0.2) is 55.4 Å². The largest absolute Gasteiger partial charge is 0.360 e. The Bertz CT molecular complexity index is 1050. The van der Waals surface area contributed by atoms with Crippen LogP contribution in [0.5, 0.6) is 0 Å². The summed E-state index contributed by atoms with van der Waals surface area (Å²) in [5.41, 5.74) is 0.550. The molecule has 2 amide bonds. The highest BCUT2D eigenvalue weighted by Crippen LogP contribution is 2.24. The van der Waals surface area contributed by atoms with E-state index in [1.165, 1.54) is 0 Å². The Labute approximate surface area is 177 Å². The number of hydrogen-bond acceptors (Lipinski definition) is 6. The van der Waals surface area contributed by atoms with E-state index in [2.05, 4.69) is 15.6 Å². The van der Waals surface area contributed by atoms with Gasteiger partial charge in [0.05, 0.1) is 25.4 Å². The second-order valence-corrected chi connectivity index (χ2v) is 8.44. The van der Waals surface area contributed by atoms with Crippen LogP contribution in [0.2, 0.25) is 0 Å². The van der Waals surface area contributed by atoms with Gasteiger partial charge in [0.15, 0.2) is 0 Å². The zero-order valence-corrected chi connectivity index (χ0v) is 17.1. The van der Waals surface area contributed by atoms with Crippen LogP contribution >= 0.6 is 0 Å². The molecule has 2 aromatic rings. The number of halogens is 2. The number of hydrogen-bond donors (Lipinski definition) is 2. The molecule has 1 aliphatic rings. The van der Waals surface area contributed by atoms with Crippen molar-refractivity contribution in [1.29, 1.82) is 0 Å². The van der Waals surface area contributed by atoms with Crippen molar-refractivity contribution in [2.75, 3.05) is 19.7 Å². The summed E-state index contributed by atoms with van der Waals surface area (Å²) in [5.74, 6) is -3.96. The first-order chi connectivity index (χ1) is 14.8. The van der Waals surface area contributed by atoms with Gasteiger partial charge in [-0.05, 0) is 36.8 Å². The Morgan fingerprint density at radius 3 is 2.68 bits per heavy atom. The summed E-state index contributed by atoms with van der Waals surface area (Å²) in [7, 11) is -4.45. The van der Waals surface area contributed by atoms with E-state index in [0.29, 0.717) is 18.2 Å². The first-order valence-electron chi connectivity index (χ1n) is 9.33. The molecule has 2 heterocycles. The Hall–Kier alpha value is -2.96. The summed E-state index contributed by atoms with van der Waals surface area (Å²) in [5, 5.41) is 4.69. The van der Waals surface area contributed by atoms with Gasteiger partial charge < -0.3 is 15.4 Å². The van der Waals surface area contributed by atoms with Gasteiger partial charge in [0.25, 0.3) is 0 Å². The minimum absolute atomic E-state index is 0.0231. The quantitative estimate of drug-likeness (QED) is 0.615. The minimum atomic E-state index is -4.45. The third-order valence-corrected chi connectivity index (χ3v) is 6.34. The molecule has 0 unspecified atom stereocenters. The van der Waals surface area contributed by atoms with E-state index in [4.69, 9.17) is 4.74 Å². The topological polar surface area (TPSA) is 118 Å². The number of pyridine rings is 1. The number of aromatic nitrogens is 1. The number of rotatable bonds is 6. The maximum Gasteiger partial charge on any atom is 0.309 e. The van der Waals surface area contributed by atoms with Crippen LogP contribution in [0.4, 0.5) is 8.78 Å². The molecule has 1 aliphatic heterocycles. The molecular formula is C19H20F2N4O5S. The van der Waals surface area contributed by atoms with Crippen molar-refractivity contribution in [2.24, 2.45) is 0 Å². The number of carbonyl (C=O) groups is 2. The van der Waals surface area contributed by atoms with Crippen LogP contribution in [0.25, 0.3) is 0 Å². The summed E-state index contributed by atoms with van der Waals surface area (Å²) in [6, 6.07) is 7.21. The molecule has 1 aromatic carbocycles. The van der Waals surface area contributed by atoms with Gasteiger partial charge in [-0.25, -0.2) is 17.2 Å². The number of nitrogens with one attached hydrogen (secondary N) is 2. The van der Waals surface area contributed by atoms with Crippen molar-refractivity contribution in [3.63, 3.8) is 0 Å². The summed E-state index contributed by atoms with van der Waals surface area (Å²) < 4.78 is 59.5. The molecule has 0 aliphatic carbocycles. The van der Waals surface area contributed by atoms with Crippen molar-refractivity contribution in [3.8, 4) is 0 Å². The lowest BCUT2D eigenvalue weighted by Crippen LogP contribution is -2.53. The van der Waals surface area contributed by atoms with Crippen molar-refractivity contribution in [2.45, 2.75) is 24.1 Å². The molecule has 0 bridgehead atoms. The molecule has 12 heteroatoms. The number of carbonyl (C=O) groups excluding carboxylic acids is 2. The van der Waals surface area contributed by atoms with Gasteiger partial charge >= 0.3 is 11.8 Å². The molecular weight excluding hydrogens is 434 g/mol. The molecule has 1 fully saturated rings. The summed E-state index contributed by atoms with van der Waals surface area (Å²) in [6.45, 7) is -0.146. The lowest BCUT2D eigenvalue weighted by atomic mass is 10.3. The van der Waals surface area contributed by atoms with E-state index < -0.39 is 44.6 Å². The average molecular weight is 454 g/mol. The van der Waals surface area contributed by atoms with Gasteiger partial charge in [0.1, 0.15) is 22.8 Å². The Balaban J connectivity index is 1.63. The zero-order chi connectivity index (χ0) is 22.4. The zero-order valence-electron chi connectivity index (χ0n) is 16.3. The van der Waals surface area contributed by atoms with E-state index in [0.717, 1.165) is 16.4 Å². The first-order valence-corrected chi connectivity index (χ1v) is 10.8. The maximum atomic E-state index is 14.1. The van der Waals surface area contributed by atoms with Gasteiger partial charge in [-0.3, -0.25) is 14.6 Å². The van der Waals surface area contributed by atoms with Gasteiger partial charge in [-0.15, -0.1) is 0 Å². The van der Waals surface area contributed by atoms with Gasteiger partial charge in [-0.2, -0.15) is 4.31 Å². The van der Waals surface area contributed by atoms with Crippen LogP contribution < -0.4 is 10.6 Å². The molecule has 9 nitrogen and oxygen atoms in total. The van der Waals surface area contributed by atoms with Crippen LogP contribution in [0.3, 0.4) is 0 Å². The third kappa shape index (κ3) is 5.60. The van der Waals surface area contributed by atoms with Crippen LogP contribution in [0.1, 0.15) is 12.1 Å². The fraction of sp³-hybridized carbons (Fsp3) is 0.316. The van der Waals surface area contributed by atoms with Gasteiger partial charge in [-0.1, -0.05) is 6.07 Å². The number of benzene rings is 1. The van der Waals surface area contributed by atoms with E-state index in [1.807, 2.05) is 0 Å². The summed E-state index contributed by atoms with van der Waals surface area (Å²) in [4.78, 5) is 27.2. The third-order valence-electron chi connectivity index (χ3n) is 4.43. The molecule has 0 saturated carbocycles. The van der Waals surface area contributed by atoms with Gasteiger partial charge in [0, 0.05) is 12.7 Å². The van der Waals surface area contributed by atoms with Crippen molar-refractivity contribution >= 4 is 21.8 Å². The van der Waals surface area contributed by atoms with Crippen LogP contribution in [-0.2, 0) is 30.9 Å². The Morgan fingerprint density at radius 1 is 1.16 bits per heavy atom. The molecule has 1 saturated heterocycles. The average Bonchev–Trinajstić information content (AvgIpc) is 2.78. The highest BCUT2D eigenvalue weighted by Gasteiger charge is 2.36. The highest BCUT2D eigenvalue weighted by atomic mass is 32.2. The standard InChI is InChI=1S/C19H20F2N4O5S/c20-13-5-6-15(21)16(10-13)31(28,29)25-8-3-9-30-17(25)12-24-19(27)18(26)23-11-14-4-1-2-7-22-14/h1-2,4-7,10,17H,3,8-9,11-12H2,(H,23,26)(H,24,27)/t17-/m1/s1. The van der Waals surface area contributed by atoms with Crippen molar-refractivity contribution in [1.82, 2.24) is 19.9 Å². The maximum absolute atomic E-state index is 14.1. The summed E-state index contributed by atoms with van der Waals surface area (Å²) >= 11 is 0. The monoisotopic (exact) mass is 454 g/mol. The molecule has 2 N–H and O–H groups in total. The lowest BCUT2D eigenvalue weighted by Gasteiger charge is -2.34. The lowest BCUT2D eigenvalue weighted by molar-refractivity contribution is -0.140. The minimum Gasteiger partial charge on any atom is -0.360 e. The highest BCUT2D eigenvalue weighted by molar-refractivity contribution is 7.89. The van der Waals surface area contributed by atoms with Crippen molar-refractivity contribution < 1.29 is 31.5 Å². The predicted octanol–water partition coefficient (Wildman–Crippen LogP) is 0.530. The van der Waals surface area contributed by atoms with Gasteiger partial charge in [0.2, 0.25) is 10.0 Å². The first kappa shape index (κ1) is 22.7. The number of nitrogens with zero attached hydrogens (tertiary/aromatic N) is 2. The fourth-order valence-corrected chi connectivity index (χ4v) is 4.56. The number of ether oxygens (including phenoxy) is 1. The van der Waals surface area contributed by atoms with E-state index in [9.17, 15) is 26.8 Å². The number of sulfonamides is 1. The van der Waals surface area contributed by atoms with Crippen LogP contribution in [0.15, 0.2) is 47.5 Å². The Morgan fingerprint density at radius 2 is 1.94 bits per heavy atom. The molecule has 3 rings (SSSR count). The summed E-state index contributed by atoms with van der Waals surface area (Å²) in [6.07, 6.45) is 0.679. The van der Waals surface area contributed by atoms with Crippen molar-refractivity contribution in [3.05, 3.63) is 59.9 Å². The van der Waals surface area contributed by atoms with Crippen LogP contribution in [0, 0.1) is 11.6 Å². The molecule has 166 valence electrons. The SMILES string of the molecule is O=C(NCc1ccccn1)C(=O)NC[C@H]1OCCCN1S(=O)(=O)c1cc(F)ccc1F. The molecule has 31 heavy (non-hydrogen) atoms. The normalized spacial score (nSPS) is 17.2.